The molecule has 0 unspecified atom stereocenters. The molecule has 0 aromatic rings. The molecule has 0 heterocycles. The van der Waals surface area contributed by atoms with Crippen molar-refractivity contribution in [1.29, 1.82) is 0 Å². The van der Waals surface area contributed by atoms with E-state index >= 15 is 0 Å². The lowest BCUT2D eigenvalue weighted by molar-refractivity contribution is -0.0591. The molecule has 2 aliphatic carbocycles. The van der Waals surface area contributed by atoms with E-state index in [9.17, 15) is 0 Å². The van der Waals surface area contributed by atoms with Crippen molar-refractivity contribution in [3.05, 3.63) is 0 Å². The maximum Gasteiger partial charge on any atom is 0.0237 e. The second kappa shape index (κ2) is 3.48. The minimum Gasteiger partial charge on any atom is -0.303 e. The highest BCUT2D eigenvalue weighted by atomic mass is 15.2. The average molecular weight is 223 g/mol. The Hall–Kier alpha value is -0.0400. The molecule has 1 atom stereocenters. The van der Waals surface area contributed by atoms with E-state index in [2.05, 4.69) is 46.7 Å². The van der Waals surface area contributed by atoms with Crippen molar-refractivity contribution in [3.8, 4) is 0 Å². The summed E-state index contributed by atoms with van der Waals surface area (Å²) in [6, 6.07) is 0. The third kappa shape index (κ3) is 1.40. The van der Waals surface area contributed by atoms with Gasteiger partial charge in [0.05, 0.1) is 0 Å². The van der Waals surface area contributed by atoms with Gasteiger partial charge in [0.1, 0.15) is 0 Å². The van der Waals surface area contributed by atoms with Gasteiger partial charge in [-0.25, -0.2) is 0 Å². The highest BCUT2D eigenvalue weighted by molar-refractivity contribution is 5.11. The minimum atomic E-state index is 0.484. The molecule has 16 heavy (non-hydrogen) atoms. The zero-order valence-electron chi connectivity index (χ0n) is 12.1. The average Bonchev–Trinajstić information content (AvgIpc) is 2.24. The number of hydrogen-bond acceptors (Lipinski definition) is 1. The van der Waals surface area contributed by atoms with Crippen molar-refractivity contribution >= 4 is 0 Å². The fraction of sp³-hybridized carbons (Fsp3) is 1.00. The first-order valence-corrected chi connectivity index (χ1v) is 6.91. The molecule has 2 rings (SSSR count). The molecule has 2 aliphatic rings. The van der Waals surface area contributed by atoms with Gasteiger partial charge >= 0.3 is 0 Å². The predicted octanol–water partition coefficient (Wildman–Crippen LogP) is 3.93. The smallest absolute Gasteiger partial charge is 0.0237 e. The molecular formula is C15H29N. The van der Waals surface area contributed by atoms with E-state index < -0.39 is 0 Å². The molecule has 2 saturated carbocycles. The molecule has 0 aromatic heterocycles. The van der Waals surface area contributed by atoms with Crippen molar-refractivity contribution < 1.29 is 0 Å². The largest absolute Gasteiger partial charge is 0.303 e. The van der Waals surface area contributed by atoms with Crippen LogP contribution in [-0.2, 0) is 0 Å². The van der Waals surface area contributed by atoms with Crippen molar-refractivity contribution in [3.63, 3.8) is 0 Å². The Kier molecular flexibility index (Phi) is 2.70. The van der Waals surface area contributed by atoms with Crippen molar-refractivity contribution in [2.24, 2.45) is 16.7 Å². The van der Waals surface area contributed by atoms with Gasteiger partial charge in [0.2, 0.25) is 0 Å². The lowest BCUT2D eigenvalue weighted by Crippen LogP contribution is -2.59. The minimum absolute atomic E-state index is 0.484. The Bertz CT molecular complexity index is 271. The first-order valence-electron chi connectivity index (χ1n) is 6.91. The fourth-order valence-corrected chi connectivity index (χ4v) is 4.25. The standard InChI is InChI=1S/C15H29N/c1-13(2)11-8-12(14(13,3)4)15(16(5)6)9-7-10-15/h12H,7-11H2,1-6H3/t12-/m1/s1. The highest BCUT2D eigenvalue weighted by Gasteiger charge is 2.58. The SMILES string of the molecule is CN(C)C1([C@@H]2CCC(C)(C)C2(C)C)CCC1. The molecule has 0 aromatic carbocycles. The Labute approximate surface area is 102 Å². The molecule has 0 N–H and O–H groups in total. The van der Waals surface area contributed by atoms with Crippen LogP contribution in [0.1, 0.15) is 59.8 Å². The van der Waals surface area contributed by atoms with E-state index in [1.807, 2.05) is 0 Å². The molecule has 1 heteroatoms. The Morgan fingerprint density at radius 2 is 1.50 bits per heavy atom. The summed E-state index contributed by atoms with van der Waals surface area (Å²) in [5, 5.41) is 0. The van der Waals surface area contributed by atoms with Gasteiger partial charge in [-0.1, -0.05) is 27.7 Å². The Morgan fingerprint density at radius 3 is 1.75 bits per heavy atom. The highest BCUT2D eigenvalue weighted by Crippen LogP contribution is 2.63. The van der Waals surface area contributed by atoms with E-state index in [1.54, 1.807) is 0 Å². The van der Waals surface area contributed by atoms with E-state index in [-0.39, 0.29) is 0 Å². The van der Waals surface area contributed by atoms with Crippen LogP contribution in [0.5, 0.6) is 0 Å². The van der Waals surface area contributed by atoms with E-state index in [0.29, 0.717) is 16.4 Å². The quantitative estimate of drug-likeness (QED) is 0.685. The summed E-state index contributed by atoms with van der Waals surface area (Å²) in [5.74, 6) is 0.888. The van der Waals surface area contributed by atoms with Gasteiger partial charge in [-0.2, -0.15) is 0 Å². The van der Waals surface area contributed by atoms with Crippen molar-refractivity contribution in [2.45, 2.75) is 65.3 Å². The fourth-order valence-electron chi connectivity index (χ4n) is 4.25. The second-order valence-electron chi connectivity index (χ2n) is 7.55. The molecule has 0 saturated heterocycles. The van der Waals surface area contributed by atoms with Crippen LogP contribution in [0.15, 0.2) is 0 Å². The maximum atomic E-state index is 2.53. The number of rotatable bonds is 2. The zero-order valence-corrected chi connectivity index (χ0v) is 12.1. The molecule has 0 bridgehead atoms. The van der Waals surface area contributed by atoms with Crippen LogP contribution in [0.2, 0.25) is 0 Å². The van der Waals surface area contributed by atoms with Gasteiger partial charge in [-0.3, -0.25) is 0 Å². The van der Waals surface area contributed by atoms with Crippen LogP contribution in [0.25, 0.3) is 0 Å². The van der Waals surface area contributed by atoms with E-state index in [4.69, 9.17) is 0 Å². The summed E-state index contributed by atoms with van der Waals surface area (Å²) < 4.78 is 0. The monoisotopic (exact) mass is 223 g/mol. The van der Waals surface area contributed by atoms with Crippen LogP contribution in [0.3, 0.4) is 0 Å². The first-order chi connectivity index (χ1) is 7.24. The summed E-state index contributed by atoms with van der Waals surface area (Å²) in [4.78, 5) is 2.53. The van der Waals surface area contributed by atoms with Crippen LogP contribution in [-0.4, -0.2) is 24.5 Å². The Morgan fingerprint density at radius 1 is 0.938 bits per heavy atom. The molecule has 0 amide bonds. The summed E-state index contributed by atoms with van der Waals surface area (Å²) in [7, 11) is 4.58. The number of nitrogens with zero attached hydrogens (tertiary/aromatic N) is 1. The van der Waals surface area contributed by atoms with E-state index in [1.165, 1.54) is 32.1 Å². The molecule has 2 fully saturated rings. The second-order valence-corrected chi connectivity index (χ2v) is 7.55. The zero-order chi connectivity index (χ0) is 12.2. The molecule has 0 aliphatic heterocycles. The van der Waals surface area contributed by atoms with Gasteiger partial charge in [0.15, 0.2) is 0 Å². The van der Waals surface area contributed by atoms with Crippen molar-refractivity contribution in [2.75, 3.05) is 14.1 Å². The third-order valence-corrected chi connectivity index (χ3v) is 6.43. The lowest BCUT2D eigenvalue weighted by atomic mass is 9.56. The molecular weight excluding hydrogens is 194 g/mol. The summed E-state index contributed by atoms with van der Waals surface area (Å²) >= 11 is 0. The summed E-state index contributed by atoms with van der Waals surface area (Å²) in [6.07, 6.45) is 7.11. The van der Waals surface area contributed by atoms with Gasteiger partial charge in [0, 0.05) is 5.54 Å². The van der Waals surface area contributed by atoms with Crippen LogP contribution < -0.4 is 0 Å². The van der Waals surface area contributed by atoms with Crippen LogP contribution >= 0.6 is 0 Å². The normalized spacial score (nSPS) is 35.1. The molecule has 1 nitrogen and oxygen atoms in total. The maximum absolute atomic E-state index is 2.53. The summed E-state index contributed by atoms with van der Waals surface area (Å²) in [6.45, 7) is 9.95. The van der Waals surface area contributed by atoms with Gasteiger partial charge in [0.25, 0.3) is 0 Å². The van der Waals surface area contributed by atoms with Crippen LogP contribution in [0, 0.1) is 16.7 Å². The topological polar surface area (TPSA) is 3.24 Å². The first kappa shape index (κ1) is 12.4. The van der Waals surface area contributed by atoms with Crippen LogP contribution in [0.4, 0.5) is 0 Å². The molecule has 0 spiro atoms. The number of hydrogen-bond donors (Lipinski definition) is 0. The Balaban J connectivity index is 2.29. The molecule has 94 valence electrons. The van der Waals surface area contributed by atoms with Gasteiger partial charge in [-0.05, 0) is 62.9 Å². The predicted molar refractivity (Wildman–Crippen MR) is 70.6 cm³/mol. The van der Waals surface area contributed by atoms with Gasteiger partial charge in [-0.15, -0.1) is 0 Å². The summed E-state index contributed by atoms with van der Waals surface area (Å²) in [5.41, 5.74) is 1.52. The molecule has 0 radical (unpaired) electrons. The van der Waals surface area contributed by atoms with Gasteiger partial charge < -0.3 is 4.90 Å². The van der Waals surface area contributed by atoms with Crippen molar-refractivity contribution in [1.82, 2.24) is 4.90 Å². The third-order valence-electron chi connectivity index (χ3n) is 6.43. The van der Waals surface area contributed by atoms with E-state index in [0.717, 1.165) is 5.92 Å². The lowest BCUT2D eigenvalue weighted by Gasteiger charge is -2.57.